The number of hydrogen-bond acceptors (Lipinski definition) is 7. The number of carbonyl (C=O) groups is 2. The maximum atomic E-state index is 12.4. The molecule has 1 aliphatic heterocycles. The van der Waals surface area contributed by atoms with Gasteiger partial charge in [-0.05, 0) is 30.0 Å². The summed E-state index contributed by atoms with van der Waals surface area (Å²) in [6.07, 6.45) is 1.45. The van der Waals surface area contributed by atoms with Crippen molar-refractivity contribution < 1.29 is 14.3 Å². The van der Waals surface area contributed by atoms with Crippen LogP contribution in [0.15, 0.2) is 22.5 Å². The highest BCUT2D eigenvalue weighted by Crippen LogP contribution is 2.27. The second kappa shape index (κ2) is 7.97. The Morgan fingerprint density at radius 3 is 3.00 bits per heavy atom. The van der Waals surface area contributed by atoms with E-state index in [4.69, 9.17) is 4.74 Å². The predicted octanol–water partition coefficient (Wildman–Crippen LogP) is 3.32. The minimum absolute atomic E-state index is 0.371. The van der Waals surface area contributed by atoms with Crippen molar-refractivity contribution in [3.63, 3.8) is 0 Å². The summed E-state index contributed by atoms with van der Waals surface area (Å²) in [6, 6.07) is 5.66. The van der Waals surface area contributed by atoms with Crippen molar-refractivity contribution in [1.82, 2.24) is 10.2 Å². The smallest absolute Gasteiger partial charge is 0.339 e. The van der Waals surface area contributed by atoms with Gasteiger partial charge in [0.2, 0.25) is 5.13 Å². The molecule has 25 heavy (non-hydrogen) atoms. The Bertz CT molecular complexity index is 791. The molecule has 1 aliphatic rings. The molecule has 0 radical (unpaired) electrons. The molecule has 0 bridgehead atoms. The molecule has 1 aromatic carbocycles. The normalized spacial score (nSPS) is 16.2. The Kier molecular flexibility index (Phi) is 5.70. The first-order valence-corrected chi connectivity index (χ1v) is 10.0. The van der Waals surface area contributed by atoms with Gasteiger partial charge in [-0.2, -0.15) is 0 Å². The van der Waals surface area contributed by atoms with E-state index < -0.39 is 12.1 Å². The number of aromatic nitrogens is 2. The second-order valence-electron chi connectivity index (χ2n) is 5.65. The standard InChI is InChI=1S/C17H19N3O3S2/c1-3-7-24-17-20-19-16(25-17)18-14(21)13-9-11-8-10(4-2)5-6-12(11)15(22)23-13/h5-6,8,13H,3-4,7,9H2,1-2H3,(H,18,19,21). The summed E-state index contributed by atoms with van der Waals surface area (Å²) < 4.78 is 6.11. The van der Waals surface area contributed by atoms with Crippen molar-refractivity contribution in [3.8, 4) is 0 Å². The number of nitrogens with zero attached hydrogens (tertiary/aromatic N) is 2. The lowest BCUT2D eigenvalue weighted by molar-refractivity contribution is -0.125. The van der Waals surface area contributed by atoms with Crippen molar-refractivity contribution in [2.24, 2.45) is 0 Å². The summed E-state index contributed by atoms with van der Waals surface area (Å²) in [4.78, 5) is 24.6. The van der Waals surface area contributed by atoms with Crippen LogP contribution in [0.3, 0.4) is 0 Å². The van der Waals surface area contributed by atoms with Crippen LogP contribution in [-0.2, 0) is 22.4 Å². The monoisotopic (exact) mass is 377 g/mol. The highest BCUT2D eigenvalue weighted by Gasteiger charge is 2.31. The van der Waals surface area contributed by atoms with Crippen molar-refractivity contribution >= 4 is 40.1 Å². The van der Waals surface area contributed by atoms with Crippen LogP contribution in [0.5, 0.6) is 0 Å². The summed E-state index contributed by atoms with van der Waals surface area (Å²) in [5.41, 5.74) is 2.52. The summed E-state index contributed by atoms with van der Waals surface area (Å²) in [5.74, 6) is 0.129. The van der Waals surface area contributed by atoms with Crippen LogP contribution in [0, 0.1) is 0 Å². The number of anilines is 1. The molecular formula is C17H19N3O3S2. The zero-order valence-corrected chi connectivity index (χ0v) is 15.7. The second-order valence-corrected chi connectivity index (χ2v) is 7.97. The Labute approximate surface area is 154 Å². The molecule has 2 heterocycles. The molecule has 8 heteroatoms. The van der Waals surface area contributed by atoms with Crippen LogP contribution in [0.4, 0.5) is 5.13 Å². The van der Waals surface area contributed by atoms with E-state index >= 15 is 0 Å². The zero-order valence-electron chi connectivity index (χ0n) is 14.1. The maximum Gasteiger partial charge on any atom is 0.339 e. The first-order chi connectivity index (χ1) is 12.1. The van der Waals surface area contributed by atoms with Crippen molar-refractivity contribution in [1.29, 1.82) is 0 Å². The minimum Gasteiger partial charge on any atom is -0.448 e. The van der Waals surface area contributed by atoms with E-state index in [2.05, 4.69) is 29.4 Å². The fraction of sp³-hybridized carbons (Fsp3) is 0.412. The van der Waals surface area contributed by atoms with Gasteiger partial charge in [-0.25, -0.2) is 4.79 Å². The van der Waals surface area contributed by atoms with E-state index in [1.54, 1.807) is 17.8 Å². The third-order valence-corrected chi connectivity index (χ3v) is 5.99. The number of thioether (sulfide) groups is 1. The van der Waals surface area contributed by atoms with E-state index in [9.17, 15) is 9.59 Å². The van der Waals surface area contributed by atoms with Gasteiger partial charge in [0.15, 0.2) is 10.4 Å². The average molecular weight is 377 g/mol. The molecule has 1 unspecified atom stereocenters. The lowest BCUT2D eigenvalue weighted by Crippen LogP contribution is -2.38. The molecule has 1 amide bonds. The number of esters is 1. The van der Waals surface area contributed by atoms with E-state index in [1.165, 1.54) is 11.3 Å². The number of hydrogen-bond donors (Lipinski definition) is 1. The molecule has 6 nitrogen and oxygen atoms in total. The van der Waals surface area contributed by atoms with Gasteiger partial charge in [-0.15, -0.1) is 10.2 Å². The number of fused-ring (bicyclic) bond motifs is 1. The molecule has 1 atom stereocenters. The van der Waals surface area contributed by atoms with Crippen LogP contribution in [0.2, 0.25) is 0 Å². The van der Waals surface area contributed by atoms with Crippen LogP contribution in [0.1, 0.15) is 41.8 Å². The quantitative estimate of drug-likeness (QED) is 0.472. The van der Waals surface area contributed by atoms with E-state index in [0.717, 1.165) is 34.1 Å². The zero-order chi connectivity index (χ0) is 17.8. The summed E-state index contributed by atoms with van der Waals surface area (Å²) in [7, 11) is 0. The number of cyclic esters (lactones) is 1. The van der Waals surface area contributed by atoms with Gasteiger partial charge in [-0.3, -0.25) is 10.1 Å². The molecule has 0 spiro atoms. The summed E-state index contributed by atoms with van der Waals surface area (Å²) in [6.45, 7) is 4.15. The fourth-order valence-corrected chi connectivity index (χ4v) is 4.19. The lowest BCUT2D eigenvalue weighted by atomic mass is 9.95. The number of ether oxygens (including phenoxy) is 1. The fourth-order valence-electron chi connectivity index (χ4n) is 2.51. The van der Waals surface area contributed by atoms with E-state index in [1.807, 2.05) is 12.1 Å². The summed E-state index contributed by atoms with van der Waals surface area (Å²) >= 11 is 2.93. The Hall–Kier alpha value is -1.93. The van der Waals surface area contributed by atoms with Crippen molar-refractivity contribution in [2.75, 3.05) is 11.1 Å². The van der Waals surface area contributed by atoms with Gasteiger partial charge in [0.25, 0.3) is 5.91 Å². The molecule has 2 aromatic rings. The molecule has 0 aliphatic carbocycles. The molecule has 3 rings (SSSR count). The number of amides is 1. The predicted molar refractivity (Wildman–Crippen MR) is 98.3 cm³/mol. The number of carbonyl (C=O) groups excluding carboxylic acids is 2. The van der Waals surface area contributed by atoms with Crippen molar-refractivity contribution in [3.05, 3.63) is 34.9 Å². The van der Waals surface area contributed by atoms with Crippen LogP contribution >= 0.6 is 23.1 Å². The molecular weight excluding hydrogens is 358 g/mol. The van der Waals surface area contributed by atoms with Gasteiger partial charge in [0, 0.05) is 12.2 Å². The molecule has 0 fully saturated rings. The topological polar surface area (TPSA) is 81.2 Å². The Balaban J connectivity index is 1.68. The van der Waals surface area contributed by atoms with Gasteiger partial charge < -0.3 is 4.74 Å². The first-order valence-electron chi connectivity index (χ1n) is 8.20. The molecule has 1 aromatic heterocycles. The molecule has 132 valence electrons. The highest BCUT2D eigenvalue weighted by atomic mass is 32.2. The van der Waals surface area contributed by atoms with E-state index in [-0.39, 0.29) is 5.91 Å². The van der Waals surface area contributed by atoms with Gasteiger partial charge >= 0.3 is 5.97 Å². The SMILES string of the molecule is CCCSc1nnc(NC(=O)C2Cc3cc(CC)ccc3C(=O)O2)s1. The van der Waals surface area contributed by atoms with Crippen LogP contribution < -0.4 is 5.32 Å². The minimum atomic E-state index is -0.845. The van der Waals surface area contributed by atoms with Crippen LogP contribution in [0.25, 0.3) is 0 Å². The third-order valence-electron chi connectivity index (χ3n) is 3.81. The number of rotatable bonds is 6. The molecule has 0 saturated heterocycles. The Morgan fingerprint density at radius 1 is 1.40 bits per heavy atom. The Morgan fingerprint density at radius 2 is 2.24 bits per heavy atom. The first kappa shape index (κ1) is 17.9. The average Bonchev–Trinajstić information content (AvgIpc) is 3.06. The van der Waals surface area contributed by atoms with Crippen LogP contribution in [-0.4, -0.2) is 33.9 Å². The van der Waals surface area contributed by atoms with Gasteiger partial charge in [-0.1, -0.05) is 49.1 Å². The third kappa shape index (κ3) is 4.19. The van der Waals surface area contributed by atoms with Crippen molar-refractivity contribution in [2.45, 2.75) is 43.6 Å². The number of benzene rings is 1. The number of nitrogens with one attached hydrogen (secondary N) is 1. The number of aryl methyl sites for hydroxylation is 1. The van der Waals surface area contributed by atoms with Gasteiger partial charge in [0.05, 0.1) is 5.56 Å². The lowest BCUT2D eigenvalue weighted by Gasteiger charge is -2.23. The highest BCUT2D eigenvalue weighted by molar-refractivity contribution is 8.01. The molecule has 1 N–H and O–H groups in total. The summed E-state index contributed by atoms with van der Waals surface area (Å²) in [5, 5.41) is 11.1. The maximum absolute atomic E-state index is 12.4. The van der Waals surface area contributed by atoms with Gasteiger partial charge in [0.1, 0.15) is 0 Å². The largest absolute Gasteiger partial charge is 0.448 e. The molecule has 0 saturated carbocycles. The van der Waals surface area contributed by atoms with E-state index in [0.29, 0.717) is 17.1 Å².